The van der Waals surface area contributed by atoms with Gasteiger partial charge in [-0.25, -0.2) is 0 Å². The van der Waals surface area contributed by atoms with Crippen molar-refractivity contribution in [3.63, 3.8) is 0 Å². The number of rotatable bonds is 6. The maximum absolute atomic E-state index is 10.7. The molecular weight excluding hydrogens is 472 g/mol. The molecule has 182 valence electrons. The predicted octanol–water partition coefficient (Wildman–Crippen LogP) is 7.25. The minimum Gasteiger partial charge on any atom is -0.507 e. The van der Waals surface area contributed by atoms with Crippen molar-refractivity contribution in [3.05, 3.63) is 137 Å². The molecule has 0 saturated heterocycles. The zero-order valence-corrected chi connectivity index (χ0v) is 20.2. The van der Waals surface area contributed by atoms with Gasteiger partial charge in [-0.1, -0.05) is 134 Å². The van der Waals surface area contributed by atoms with Gasteiger partial charge in [0.05, 0.1) is 0 Å². The summed E-state index contributed by atoms with van der Waals surface area (Å²) in [5.74, 6) is 0.261. The molecule has 0 aliphatic carbocycles. The Morgan fingerprint density at radius 1 is 0.472 bits per heavy atom. The van der Waals surface area contributed by atoms with Crippen LogP contribution in [0, 0.1) is 0 Å². The monoisotopic (exact) mass is 498 g/mol. The van der Waals surface area contributed by atoms with E-state index in [1.54, 1.807) is 6.07 Å². The summed E-state index contributed by atoms with van der Waals surface area (Å²) in [5, 5.41) is 10.7. The number of phenolic OH excluding ortho intramolecular Hbond substituents is 1. The third kappa shape index (κ3) is 9.19. The van der Waals surface area contributed by atoms with Crippen molar-refractivity contribution < 1.29 is 22.6 Å². The Bertz CT molecular complexity index is 1430. The van der Waals surface area contributed by atoms with Crippen molar-refractivity contribution in [2.45, 2.75) is 0 Å². The zero-order chi connectivity index (χ0) is 25.8. The van der Waals surface area contributed by atoms with Crippen molar-refractivity contribution in [1.82, 2.24) is 0 Å². The molecule has 6 heteroatoms. The second-order valence-electron chi connectivity index (χ2n) is 7.68. The molecule has 4 aromatic rings. The Hall–Kier alpha value is -4.23. The van der Waals surface area contributed by atoms with Crippen LogP contribution in [0.1, 0.15) is 33.4 Å². The molecule has 0 aromatic heterocycles. The lowest BCUT2D eigenvalue weighted by atomic mass is 9.96. The van der Waals surface area contributed by atoms with Gasteiger partial charge in [0.25, 0.3) is 0 Å². The van der Waals surface area contributed by atoms with E-state index in [1.165, 1.54) is 0 Å². The van der Waals surface area contributed by atoms with Crippen LogP contribution < -0.4 is 0 Å². The molecule has 0 radical (unpaired) electrons. The van der Waals surface area contributed by atoms with Crippen LogP contribution in [0.4, 0.5) is 0 Å². The Balaban J connectivity index is 0.000000658. The van der Waals surface area contributed by atoms with E-state index in [1.807, 2.05) is 84.9 Å². The van der Waals surface area contributed by atoms with Crippen LogP contribution in [0.3, 0.4) is 0 Å². The largest absolute Gasteiger partial charge is 0.507 e. The molecule has 0 unspecified atom stereocenters. The van der Waals surface area contributed by atoms with E-state index in [2.05, 4.69) is 48.6 Å². The summed E-state index contributed by atoms with van der Waals surface area (Å²) in [5.41, 5.74) is 6.15. The second kappa shape index (κ2) is 13.0. The molecule has 3 N–H and O–H groups in total. The normalized spacial score (nSPS) is 11.6. The number of hydrogen-bond donors (Lipinski definition) is 3. The molecule has 0 aliphatic heterocycles. The van der Waals surface area contributed by atoms with Crippen LogP contribution in [0.2, 0.25) is 0 Å². The van der Waals surface area contributed by atoms with E-state index < -0.39 is 10.4 Å². The summed E-state index contributed by atoms with van der Waals surface area (Å²) in [7, 11) is -4.67. The Morgan fingerprint density at radius 2 is 0.833 bits per heavy atom. The highest BCUT2D eigenvalue weighted by molar-refractivity contribution is 7.79. The van der Waals surface area contributed by atoms with Crippen molar-refractivity contribution in [3.8, 4) is 5.75 Å². The summed E-state index contributed by atoms with van der Waals surface area (Å²) in [4.78, 5) is 0. The first kappa shape index (κ1) is 26.4. The number of benzene rings is 4. The third-order valence-electron chi connectivity index (χ3n) is 5.04. The van der Waals surface area contributed by atoms with E-state index >= 15 is 0 Å². The molecule has 4 rings (SSSR count). The molecule has 36 heavy (non-hydrogen) atoms. The average molecular weight is 499 g/mol. The standard InChI is InChI=1S/C30H24O.H2O4S/c31-30-23-20-27(19-16-24-10-4-1-5-11-24)28(21-17-25-12-6-2-7-13-25)29(30)22-18-26-14-8-3-9-15-26;1-5(2,3)4/h1-23,31H;(H2,1,2,3,4)/b19-16+,21-17+,22-18+;. The third-order valence-corrected chi connectivity index (χ3v) is 5.04. The van der Waals surface area contributed by atoms with Crippen LogP contribution in [0.5, 0.6) is 5.75 Å². The van der Waals surface area contributed by atoms with Crippen LogP contribution in [-0.2, 0) is 10.4 Å². The SMILES string of the molecule is O=S(=O)(O)O.Oc1ccc(/C=C/c2ccccc2)c(/C=C/c2ccccc2)c1/C=C/c1ccccc1. The van der Waals surface area contributed by atoms with Gasteiger partial charge in [-0.2, -0.15) is 8.42 Å². The van der Waals surface area contributed by atoms with Gasteiger partial charge in [-0.15, -0.1) is 0 Å². The molecule has 0 bridgehead atoms. The van der Waals surface area contributed by atoms with Gasteiger partial charge >= 0.3 is 10.4 Å². The molecular formula is C30H26O5S. The lowest BCUT2D eigenvalue weighted by Crippen LogP contribution is -1.89. The van der Waals surface area contributed by atoms with Crippen molar-refractivity contribution in [2.24, 2.45) is 0 Å². The molecule has 0 saturated carbocycles. The van der Waals surface area contributed by atoms with E-state index in [-0.39, 0.29) is 5.75 Å². The Labute approximate surface area is 211 Å². The van der Waals surface area contributed by atoms with E-state index in [9.17, 15) is 5.11 Å². The van der Waals surface area contributed by atoms with Crippen LogP contribution >= 0.6 is 0 Å². The first-order valence-corrected chi connectivity index (χ1v) is 12.4. The lowest BCUT2D eigenvalue weighted by Gasteiger charge is -2.09. The van der Waals surface area contributed by atoms with Gasteiger partial charge in [0.15, 0.2) is 0 Å². The van der Waals surface area contributed by atoms with E-state index in [0.717, 1.165) is 33.4 Å². The van der Waals surface area contributed by atoms with E-state index in [0.29, 0.717) is 0 Å². The van der Waals surface area contributed by atoms with Crippen molar-refractivity contribution in [2.75, 3.05) is 0 Å². The number of aromatic hydroxyl groups is 1. The number of hydrogen-bond acceptors (Lipinski definition) is 3. The quantitative estimate of drug-likeness (QED) is 0.192. The fourth-order valence-corrected chi connectivity index (χ4v) is 3.39. The van der Waals surface area contributed by atoms with Gasteiger partial charge in [0.1, 0.15) is 5.75 Å². The molecule has 0 spiro atoms. The summed E-state index contributed by atoms with van der Waals surface area (Å²) in [6, 6.07) is 34.2. The molecule has 0 fully saturated rings. The summed E-state index contributed by atoms with van der Waals surface area (Å²) in [6.07, 6.45) is 12.4. The molecule has 0 amide bonds. The minimum atomic E-state index is -4.67. The van der Waals surface area contributed by atoms with E-state index in [4.69, 9.17) is 17.5 Å². The highest BCUT2D eigenvalue weighted by atomic mass is 32.3. The molecule has 5 nitrogen and oxygen atoms in total. The van der Waals surface area contributed by atoms with Crippen LogP contribution in [0.15, 0.2) is 103 Å². The highest BCUT2D eigenvalue weighted by Crippen LogP contribution is 2.30. The van der Waals surface area contributed by atoms with Gasteiger partial charge in [-0.05, 0) is 33.9 Å². The smallest absolute Gasteiger partial charge is 0.394 e. The fourth-order valence-electron chi connectivity index (χ4n) is 3.39. The summed E-state index contributed by atoms with van der Waals surface area (Å²) < 4.78 is 31.6. The molecule has 0 heterocycles. The maximum Gasteiger partial charge on any atom is 0.394 e. The lowest BCUT2D eigenvalue weighted by molar-refractivity contribution is 0.381. The van der Waals surface area contributed by atoms with Crippen molar-refractivity contribution in [1.29, 1.82) is 0 Å². The zero-order valence-electron chi connectivity index (χ0n) is 19.3. The summed E-state index contributed by atoms with van der Waals surface area (Å²) >= 11 is 0. The molecule has 4 aromatic carbocycles. The second-order valence-corrected chi connectivity index (χ2v) is 8.58. The van der Waals surface area contributed by atoms with Gasteiger partial charge < -0.3 is 5.11 Å². The van der Waals surface area contributed by atoms with Gasteiger partial charge in [0, 0.05) is 5.56 Å². The molecule has 0 aliphatic rings. The Morgan fingerprint density at radius 3 is 1.25 bits per heavy atom. The molecule has 0 atom stereocenters. The number of phenols is 1. The minimum absolute atomic E-state index is 0.261. The first-order valence-electron chi connectivity index (χ1n) is 11.0. The van der Waals surface area contributed by atoms with Crippen LogP contribution in [0.25, 0.3) is 36.5 Å². The van der Waals surface area contributed by atoms with Crippen LogP contribution in [-0.4, -0.2) is 22.6 Å². The first-order chi connectivity index (χ1) is 17.3. The topological polar surface area (TPSA) is 94.8 Å². The Kier molecular flexibility index (Phi) is 9.54. The van der Waals surface area contributed by atoms with Gasteiger partial charge in [0.2, 0.25) is 0 Å². The fraction of sp³-hybridized carbons (Fsp3) is 0. The van der Waals surface area contributed by atoms with Gasteiger partial charge in [-0.3, -0.25) is 9.11 Å². The average Bonchev–Trinajstić information content (AvgIpc) is 2.87. The van der Waals surface area contributed by atoms with Crippen molar-refractivity contribution >= 4 is 46.9 Å². The summed E-state index contributed by atoms with van der Waals surface area (Å²) in [6.45, 7) is 0. The highest BCUT2D eigenvalue weighted by Gasteiger charge is 2.08. The maximum atomic E-state index is 10.7. The predicted molar refractivity (Wildman–Crippen MR) is 148 cm³/mol.